The lowest BCUT2D eigenvalue weighted by Crippen LogP contribution is -2.32. The topological polar surface area (TPSA) is 0 Å². The van der Waals surface area contributed by atoms with Gasteiger partial charge in [0.15, 0.2) is 0 Å². The summed E-state index contributed by atoms with van der Waals surface area (Å²) in [4.78, 5) is 0. The normalized spacial score (nSPS) is 42.9. The number of hydrogen-bond donors (Lipinski definition) is 0. The standard InChI is InChI=1S/C13H24S/c1-5-10-12(13(2,3)4)9-7-6-8-11(9)14-10/h9-12H,5-8H2,1-4H3. The van der Waals surface area contributed by atoms with Crippen LogP contribution in [0.15, 0.2) is 0 Å². The molecule has 1 saturated carbocycles. The highest BCUT2D eigenvalue weighted by Gasteiger charge is 2.49. The third-order valence-electron chi connectivity index (χ3n) is 4.12. The largest absolute Gasteiger partial charge is 0.155 e. The van der Waals surface area contributed by atoms with Crippen molar-refractivity contribution in [1.82, 2.24) is 0 Å². The smallest absolute Gasteiger partial charge is 0.00836 e. The molecule has 0 bridgehead atoms. The Labute approximate surface area is 93.2 Å². The van der Waals surface area contributed by atoms with Gasteiger partial charge in [-0.05, 0) is 36.5 Å². The van der Waals surface area contributed by atoms with Crippen LogP contribution in [0.3, 0.4) is 0 Å². The first-order valence-corrected chi connectivity index (χ1v) is 7.13. The summed E-state index contributed by atoms with van der Waals surface area (Å²) in [6.07, 6.45) is 5.87. The van der Waals surface area contributed by atoms with Gasteiger partial charge >= 0.3 is 0 Å². The Morgan fingerprint density at radius 1 is 1.21 bits per heavy atom. The summed E-state index contributed by atoms with van der Waals surface area (Å²) in [5.74, 6) is 2.02. The first kappa shape index (κ1) is 10.9. The molecule has 1 heterocycles. The molecular weight excluding hydrogens is 188 g/mol. The Morgan fingerprint density at radius 3 is 2.50 bits per heavy atom. The Hall–Kier alpha value is 0.350. The fraction of sp³-hybridized carbons (Fsp3) is 1.00. The summed E-state index contributed by atoms with van der Waals surface area (Å²) in [7, 11) is 0. The van der Waals surface area contributed by atoms with Gasteiger partial charge in [-0.3, -0.25) is 0 Å². The molecule has 0 aromatic carbocycles. The van der Waals surface area contributed by atoms with Crippen molar-refractivity contribution in [2.24, 2.45) is 17.3 Å². The number of fused-ring (bicyclic) bond motifs is 1. The second-order valence-corrected chi connectivity index (χ2v) is 7.59. The second-order valence-electron chi connectivity index (χ2n) is 6.11. The maximum Gasteiger partial charge on any atom is 0.00836 e. The maximum absolute atomic E-state index is 2.45. The van der Waals surface area contributed by atoms with Crippen LogP contribution in [0.4, 0.5) is 0 Å². The monoisotopic (exact) mass is 212 g/mol. The Kier molecular flexibility index (Phi) is 2.90. The summed E-state index contributed by atoms with van der Waals surface area (Å²) >= 11 is 2.32. The van der Waals surface area contributed by atoms with E-state index in [-0.39, 0.29) is 0 Å². The van der Waals surface area contributed by atoms with E-state index in [2.05, 4.69) is 39.5 Å². The number of hydrogen-bond acceptors (Lipinski definition) is 1. The third-order valence-corrected chi connectivity index (χ3v) is 6.03. The molecule has 4 atom stereocenters. The zero-order chi connectivity index (χ0) is 10.3. The van der Waals surface area contributed by atoms with Crippen LogP contribution in [-0.4, -0.2) is 10.5 Å². The van der Waals surface area contributed by atoms with Gasteiger partial charge in [-0.15, -0.1) is 0 Å². The lowest BCUT2D eigenvalue weighted by molar-refractivity contribution is 0.169. The molecule has 14 heavy (non-hydrogen) atoms. The molecule has 0 N–H and O–H groups in total. The molecule has 0 amide bonds. The third kappa shape index (κ3) is 1.73. The van der Waals surface area contributed by atoms with Gasteiger partial charge in [0.05, 0.1) is 0 Å². The molecule has 0 radical (unpaired) electrons. The molecule has 1 aliphatic carbocycles. The highest BCUT2D eigenvalue weighted by atomic mass is 32.2. The lowest BCUT2D eigenvalue weighted by Gasteiger charge is -2.35. The Bertz CT molecular complexity index is 204. The minimum absolute atomic E-state index is 0.525. The van der Waals surface area contributed by atoms with Crippen LogP contribution >= 0.6 is 11.8 Å². The fourth-order valence-corrected chi connectivity index (χ4v) is 5.90. The zero-order valence-electron chi connectivity index (χ0n) is 10.0. The van der Waals surface area contributed by atoms with Crippen LogP contribution in [0.5, 0.6) is 0 Å². The van der Waals surface area contributed by atoms with E-state index in [0.717, 1.165) is 22.3 Å². The van der Waals surface area contributed by atoms with Gasteiger partial charge in [0.2, 0.25) is 0 Å². The van der Waals surface area contributed by atoms with Gasteiger partial charge in [-0.2, -0.15) is 11.8 Å². The van der Waals surface area contributed by atoms with E-state index in [9.17, 15) is 0 Å². The van der Waals surface area contributed by atoms with Gasteiger partial charge < -0.3 is 0 Å². The minimum Gasteiger partial charge on any atom is -0.155 e. The molecular formula is C13H24S. The van der Waals surface area contributed by atoms with Crippen molar-refractivity contribution < 1.29 is 0 Å². The van der Waals surface area contributed by atoms with E-state index < -0.39 is 0 Å². The summed E-state index contributed by atoms with van der Waals surface area (Å²) < 4.78 is 0. The molecule has 0 nitrogen and oxygen atoms in total. The van der Waals surface area contributed by atoms with Crippen LogP contribution in [0.1, 0.15) is 53.4 Å². The summed E-state index contributed by atoms with van der Waals surface area (Å²) in [5, 5.41) is 1.97. The van der Waals surface area contributed by atoms with Crippen molar-refractivity contribution in [3.8, 4) is 0 Å². The molecule has 2 rings (SSSR count). The first-order chi connectivity index (χ1) is 6.54. The first-order valence-electron chi connectivity index (χ1n) is 6.19. The predicted octanol–water partition coefficient (Wildman–Crippen LogP) is 4.34. The highest BCUT2D eigenvalue weighted by Crippen LogP contribution is 2.57. The summed E-state index contributed by atoms with van der Waals surface area (Å²) in [5.41, 5.74) is 0.525. The molecule has 1 heteroatoms. The van der Waals surface area contributed by atoms with Gasteiger partial charge in [0, 0.05) is 10.5 Å². The zero-order valence-corrected chi connectivity index (χ0v) is 10.9. The molecule has 4 unspecified atom stereocenters. The van der Waals surface area contributed by atoms with E-state index in [1.54, 1.807) is 0 Å². The summed E-state index contributed by atoms with van der Waals surface area (Å²) in [6.45, 7) is 9.71. The molecule has 0 aromatic rings. The van der Waals surface area contributed by atoms with Gasteiger partial charge in [-0.1, -0.05) is 34.1 Å². The SMILES string of the molecule is CCC1SC2CCCC2C1C(C)(C)C. The van der Waals surface area contributed by atoms with Crippen LogP contribution in [0.25, 0.3) is 0 Å². The average Bonchev–Trinajstić information content (AvgIpc) is 2.57. The van der Waals surface area contributed by atoms with Crippen molar-refractivity contribution in [3.05, 3.63) is 0 Å². The average molecular weight is 212 g/mol. The molecule has 2 fully saturated rings. The quantitative estimate of drug-likeness (QED) is 0.623. The van der Waals surface area contributed by atoms with Gasteiger partial charge in [0.1, 0.15) is 0 Å². The minimum atomic E-state index is 0.525. The van der Waals surface area contributed by atoms with Gasteiger partial charge in [0.25, 0.3) is 0 Å². The molecule has 82 valence electrons. The lowest BCUT2D eigenvalue weighted by atomic mass is 9.70. The Balaban J connectivity index is 2.17. The van der Waals surface area contributed by atoms with Crippen LogP contribution < -0.4 is 0 Å². The summed E-state index contributed by atoms with van der Waals surface area (Å²) in [6, 6.07) is 0. The van der Waals surface area contributed by atoms with Crippen LogP contribution in [-0.2, 0) is 0 Å². The van der Waals surface area contributed by atoms with Gasteiger partial charge in [-0.25, -0.2) is 0 Å². The van der Waals surface area contributed by atoms with Crippen LogP contribution in [0, 0.1) is 17.3 Å². The van der Waals surface area contributed by atoms with Crippen molar-refractivity contribution in [2.45, 2.75) is 63.9 Å². The molecule has 2 aliphatic rings. The van der Waals surface area contributed by atoms with Crippen LogP contribution in [0.2, 0.25) is 0 Å². The maximum atomic E-state index is 2.45. The van der Waals surface area contributed by atoms with E-state index >= 15 is 0 Å². The van der Waals surface area contributed by atoms with Crippen molar-refractivity contribution in [1.29, 1.82) is 0 Å². The van der Waals surface area contributed by atoms with E-state index in [4.69, 9.17) is 0 Å². The van der Waals surface area contributed by atoms with Crippen molar-refractivity contribution in [3.63, 3.8) is 0 Å². The fourth-order valence-electron chi connectivity index (χ4n) is 3.67. The number of rotatable bonds is 1. The second kappa shape index (κ2) is 3.73. The van der Waals surface area contributed by atoms with Crippen molar-refractivity contribution >= 4 is 11.8 Å². The molecule has 0 spiro atoms. The number of thioether (sulfide) groups is 1. The highest BCUT2D eigenvalue weighted by molar-refractivity contribution is 8.00. The van der Waals surface area contributed by atoms with E-state index in [1.165, 1.54) is 25.7 Å². The molecule has 0 aromatic heterocycles. The van der Waals surface area contributed by atoms with Crippen molar-refractivity contribution in [2.75, 3.05) is 0 Å². The van der Waals surface area contributed by atoms with E-state index in [0.29, 0.717) is 5.41 Å². The predicted molar refractivity (Wildman–Crippen MR) is 65.7 cm³/mol. The van der Waals surface area contributed by atoms with E-state index in [1.807, 2.05) is 0 Å². The molecule has 1 aliphatic heterocycles. The molecule has 1 saturated heterocycles. The Morgan fingerprint density at radius 2 is 1.93 bits per heavy atom.